The summed E-state index contributed by atoms with van der Waals surface area (Å²) in [7, 11) is 0. The van der Waals surface area contributed by atoms with E-state index in [2.05, 4.69) is 9.97 Å². The van der Waals surface area contributed by atoms with E-state index in [0.717, 1.165) is 12.8 Å². The van der Waals surface area contributed by atoms with Crippen LogP contribution in [0, 0.1) is 0 Å². The molecular formula is C8H10ClN3O. The summed E-state index contributed by atoms with van der Waals surface area (Å²) >= 11 is 5.76. The maximum atomic E-state index is 5.76. The summed E-state index contributed by atoms with van der Waals surface area (Å²) in [5.74, 6) is 0.404. The van der Waals surface area contributed by atoms with Crippen molar-refractivity contribution in [1.29, 1.82) is 0 Å². The minimum Gasteiger partial charge on any atom is -0.472 e. The second-order valence-electron chi connectivity index (χ2n) is 3.12. The minimum atomic E-state index is 0.157. The Morgan fingerprint density at radius 3 is 2.69 bits per heavy atom. The molecule has 1 fully saturated rings. The molecule has 1 aliphatic rings. The van der Waals surface area contributed by atoms with Gasteiger partial charge in [-0.2, -0.15) is 0 Å². The van der Waals surface area contributed by atoms with Crippen LogP contribution in [0.15, 0.2) is 12.4 Å². The Labute approximate surface area is 81.1 Å². The Morgan fingerprint density at radius 1 is 1.38 bits per heavy atom. The van der Waals surface area contributed by atoms with E-state index in [4.69, 9.17) is 22.1 Å². The highest BCUT2D eigenvalue weighted by Crippen LogP contribution is 2.26. The summed E-state index contributed by atoms with van der Waals surface area (Å²) in [6, 6.07) is 0.264. The molecule has 1 aromatic heterocycles. The fourth-order valence-electron chi connectivity index (χ4n) is 1.25. The van der Waals surface area contributed by atoms with Crippen molar-refractivity contribution in [3.05, 3.63) is 17.5 Å². The average molecular weight is 200 g/mol. The topological polar surface area (TPSA) is 61.0 Å². The van der Waals surface area contributed by atoms with Gasteiger partial charge in [0.2, 0.25) is 0 Å². The van der Waals surface area contributed by atoms with E-state index < -0.39 is 0 Å². The van der Waals surface area contributed by atoms with Crippen LogP contribution in [0.4, 0.5) is 0 Å². The van der Waals surface area contributed by atoms with Crippen LogP contribution in [0.25, 0.3) is 0 Å². The van der Waals surface area contributed by atoms with Crippen LogP contribution < -0.4 is 10.5 Å². The lowest BCUT2D eigenvalue weighted by molar-refractivity contribution is 0.0955. The van der Waals surface area contributed by atoms with Crippen LogP contribution in [0.1, 0.15) is 12.8 Å². The summed E-state index contributed by atoms with van der Waals surface area (Å²) in [5, 5.41) is 0.308. The SMILES string of the molecule is N[C@H]1C[C@@H](Oc2nccnc2Cl)C1. The van der Waals surface area contributed by atoms with E-state index in [0.29, 0.717) is 11.0 Å². The van der Waals surface area contributed by atoms with E-state index in [9.17, 15) is 0 Å². The Kier molecular flexibility index (Phi) is 2.33. The van der Waals surface area contributed by atoms with Gasteiger partial charge in [-0.05, 0) is 12.8 Å². The van der Waals surface area contributed by atoms with Crippen LogP contribution in [-0.2, 0) is 0 Å². The van der Waals surface area contributed by atoms with Gasteiger partial charge in [0, 0.05) is 18.4 Å². The van der Waals surface area contributed by atoms with Gasteiger partial charge in [-0.15, -0.1) is 0 Å². The summed E-state index contributed by atoms with van der Waals surface area (Å²) in [6.45, 7) is 0. The van der Waals surface area contributed by atoms with Crippen molar-refractivity contribution in [1.82, 2.24) is 9.97 Å². The molecule has 70 valence electrons. The van der Waals surface area contributed by atoms with Gasteiger partial charge < -0.3 is 10.5 Å². The summed E-state index contributed by atoms with van der Waals surface area (Å²) in [4.78, 5) is 7.82. The van der Waals surface area contributed by atoms with Crippen LogP contribution in [0.2, 0.25) is 5.15 Å². The summed E-state index contributed by atoms with van der Waals surface area (Å²) < 4.78 is 5.47. The van der Waals surface area contributed by atoms with E-state index in [1.165, 1.54) is 6.20 Å². The summed E-state index contributed by atoms with van der Waals surface area (Å²) in [6.07, 6.45) is 4.98. The molecule has 2 N–H and O–H groups in total. The number of nitrogens with zero attached hydrogens (tertiary/aromatic N) is 2. The summed E-state index contributed by atoms with van der Waals surface area (Å²) in [5.41, 5.74) is 5.61. The van der Waals surface area contributed by atoms with E-state index in [-0.39, 0.29) is 12.1 Å². The predicted molar refractivity (Wildman–Crippen MR) is 48.7 cm³/mol. The molecule has 4 nitrogen and oxygen atoms in total. The molecule has 0 aliphatic heterocycles. The third-order valence-corrected chi connectivity index (χ3v) is 2.29. The van der Waals surface area contributed by atoms with Gasteiger partial charge >= 0.3 is 0 Å². The van der Waals surface area contributed by atoms with Gasteiger partial charge in [0.25, 0.3) is 5.88 Å². The highest BCUT2D eigenvalue weighted by molar-refractivity contribution is 6.30. The number of hydrogen-bond acceptors (Lipinski definition) is 4. The molecule has 0 amide bonds. The number of halogens is 1. The van der Waals surface area contributed by atoms with Crippen molar-refractivity contribution in [2.75, 3.05) is 0 Å². The van der Waals surface area contributed by atoms with E-state index >= 15 is 0 Å². The molecule has 0 saturated heterocycles. The normalized spacial score (nSPS) is 26.6. The van der Waals surface area contributed by atoms with Crippen LogP contribution in [0.3, 0.4) is 0 Å². The maximum Gasteiger partial charge on any atom is 0.252 e. The fourth-order valence-corrected chi connectivity index (χ4v) is 1.40. The van der Waals surface area contributed by atoms with Crippen molar-refractivity contribution >= 4 is 11.6 Å². The van der Waals surface area contributed by atoms with E-state index in [1.54, 1.807) is 6.20 Å². The van der Waals surface area contributed by atoms with Crippen molar-refractivity contribution < 1.29 is 4.74 Å². The van der Waals surface area contributed by atoms with Gasteiger partial charge in [0.15, 0.2) is 5.15 Å². The minimum absolute atomic E-state index is 0.157. The van der Waals surface area contributed by atoms with Gasteiger partial charge in [-0.25, -0.2) is 9.97 Å². The second kappa shape index (κ2) is 3.47. The molecule has 1 saturated carbocycles. The molecule has 0 aromatic carbocycles. The zero-order chi connectivity index (χ0) is 9.26. The first kappa shape index (κ1) is 8.72. The molecule has 1 aromatic rings. The van der Waals surface area contributed by atoms with Crippen molar-refractivity contribution in [2.45, 2.75) is 25.0 Å². The molecule has 0 radical (unpaired) electrons. The monoisotopic (exact) mass is 199 g/mol. The highest BCUT2D eigenvalue weighted by atomic mass is 35.5. The fraction of sp³-hybridized carbons (Fsp3) is 0.500. The molecular weight excluding hydrogens is 190 g/mol. The first-order valence-corrected chi connectivity index (χ1v) is 4.52. The molecule has 1 aliphatic carbocycles. The maximum absolute atomic E-state index is 5.76. The smallest absolute Gasteiger partial charge is 0.252 e. The largest absolute Gasteiger partial charge is 0.472 e. The third-order valence-electron chi connectivity index (χ3n) is 2.03. The Bertz CT molecular complexity index is 301. The molecule has 2 rings (SSSR count). The Morgan fingerprint density at radius 2 is 2.08 bits per heavy atom. The van der Waals surface area contributed by atoms with Crippen LogP contribution in [-0.4, -0.2) is 22.1 Å². The first-order valence-electron chi connectivity index (χ1n) is 4.14. The Balaban J connectivity index is 1.98. The molecule has 0 spiro atoms. The van der Waals surface area contributed by atoms with Gasteiger partial charge in [0.05, 0.1) is 0 Å². The molecule has 13 heavy (non-hydrogen) atoms. The lowest BCUT2D eigenvalue weighted by atomic mass is 9.90. The van der Waals surface area contributed by atoms with Crippen LogP contribution >= 0.6 is 11.6 Å². The molecule has 1 heterocycles. The van der Waals surface area contributed by atoms with Crippen LogP contribution in [0.5, 0.6) is 5.88 Å². The number of ether oxygens (including phenoxy) is 1. The number of hydrogen-bond donors (Lipinski definition) is 1. The lowest BCUT2D eigenvalue weighted by Crippen LogP contribution is -2.43. The number of rotatable bonds is 2. The molecule has 5 heteroatoms. The number of nitrogens with two attached hydrogens (primary N) is 1. The highest BCUT2D eigenvalue weighted by Gasteiger charge is 2.28. The quantitative estimate of drug-likeness (QED) is 0.772. The van der Waals surface area contributed by atoms with Gasteiger partial charge in [0.1, 0.15) is 6.10 Å². The molecule has 0 unspecified atom stereocenters. The Hall–Kier alpha value is -0.870. The standard InChI is InChI=1S/C8H10ClN3O/c9-7-8(12-2-1-11-7)13-6-3-5(10)4-6/h1-2,5-6H,3-4,10H2/t5-,6+. The lowest BCUT2D eigenvalue weighted by Gasteiger charge is -2.32. The zero-order valence-electron chi connectivity index (χ0n) is 6.98. The van der Waals surface area contributed by atoms with Gasteiger partial charge in [-0.3, -0.25) is 0 Å². The molecule has 0 atom stereocenters. The predicted octanol–water partition coefficient (Wildman–Crippen LogP) is 0.998. The second-order valence-corrected chi connectivity index (χ2v) is 3.48. The third kappa shape index (κ3) is 1.89. The van der Waals surface area contributed by atoms with Crippen molar-refractivity contribution in [3.63, 3.8) is 0 Å². The number of aromatic nitrogens is 2. The first-order chi connectivity index (χ1) is 6.25. The molecule has 0 bridgehead atoms. The average Bonchev–Trinajstić information content (AvgIpc) is 2.06. The van der Waals surface area contributed by atoms with Crippen molar-refractivity contribution in [3.8, 4) is 5.88 Å². The van der Waals surface area contributed by atoms with E-state index in [1.807, 2.05) is 0 Å². The van der Waals surface area contributed by atoms with Gasteiger partial charge in [-0.1, -0.05) is 11.6 Å². The van der Waals surface area contributed by atoms with Crippen molar-refractivity contribution in [2.24, 2.45) is 5.73 Å². The zero-order valence-corrected chi connectivity index (χ0v) is 7.74.